The van der Waals surface area contributed by atoms with Gasteiger partial charge in [0.25, 0.3) is 0 Å². The van der Waals surface area contributed by atoms with Gasteiger partial charge >= 0.3 is 5.70 Å². The number of aliphatic imine (C=N–C) groups is 1. The highest BCUT2D eigenvalue weighted by Crippen LogP contribution is 2.34. The SMILES string of the molecule is Cc1ccc(CN=C2NC=C([N+](=O)[O-])C(N)(CC3CCC(CN)CC3)N2)c(C)c1. The standard InChI is InChI=1S/C21H32N6O2/c1-14-3-8-18(15(2)9-14)12-24-20-25-13-19(27(28)29)21(23,26-20)10-16-4-6-17(11-22)7-5-16/h3,8-9,13,16-17H,4-7,10-12,22-23H2,1-2H3,(H2,24,25,26). The van der Waals surface area contributed by atoms with Crippen LogP contribution in [0, 0.1) is 35.8 Å². The summed E-state index contributed by atoms with van der Waals surface area (Å²) in [5.74, 6) is 1.35. The molecule has 1 heterocycles. The molecule has 29 heavy (non-hydrogen) atoms. The first-order valence-corrected chi connectivity index (χ1v) is 10.3. The van der Waals surface area contributed by atoms with E-state index in [0.717, 1.165) is 31.2 Å². The van der Waals surface area contributed by atoms with Crippen molar-refractivity contribution in [3.63, 3.8) is 0 Å². The Morgan fingerprint density at radius 1 is 1.24 bits per heavy atom. The molecule has 1 aromatic carbocycles. The van der Waals surface area contributed by atoms with Crippen molar-refractivity contribution in [1.29, 1.82) is 0 Å². The number of aryl methyl sites for hydroxylation is 2. The fourth-order valence-corrected chi connectivity index (χ4v) is 4.35. The van der Waals surface area contributed by atoms with E-state index in [1.807, 2.05) is 0 Å². The first-order chi connectivity index (χ1) is 13.8. The minimum absolute atomic E-state index is 0.0519. The lowest BCUT2D eigenvalue weighted by molar-refractivity contribution is -0.437. The third kappa shape index (κ3) is 5.13. The smallest absolute Gasteiger partial charge is 0.301 e. The number of nitro groups is 1. The molecule has 0 amide bonds. The van der Waals surface area contributed by atoms with E-state index in [2.05, 4.69) is 47.7 Å². The lowest BCUT2D eigenvalue weighted by atomic mass is 9.77. The van der Waals surface area contributed by atoms with Crippen LogP contribution in [0.4, 0.5) is 0 Å². The van der Waals surface area contributed by atoms with Gasteiger partial charge < -0.3 is 16.4 Å². The summed E-state index contributed by atoms with van der Waals surface area (Å²) in [5.41, 5.74) is 14.5. The maximum atomic E-state index is 11.6. The molecule has 0 radical (unpaired) electrons. The third-order valence-electron chi connectivity index (χ3n) is 6.16. The van der Waals surface area contributed by atoms with Crippen molar-refractivity contribution in [1.82, 2.24) is 10.6 Å². The minimum atomic E-state index is -1.24. The summed E-state index contributed by atoms with van der Waals surface area (Å²) in [5, 5.41) is 17.6. The Balaban J connectivity index is 1.73. The fourth-order valence-electron chi connectivity index (χ4n) is 4.35. The highest BCUT2D eigenvalue weighted by atomic mass is 16.6. The number of nitrogens with zero attached hydrogens (tertiary/aromatic N) is 2. The van der Waals surface area contributed by atoms with Gasteiger partial charge in [0.15, 0.2) is 11.6 Å². The zero-order chi connectivity index (χ0) is 21.0. The van der Waals surface area contributed by atoms with E-state index < -0.39 is 10.6 Å². The number of nitrogens with two attached hydrogens (primary N) is 2. The molecule has 0 saturated heterocycles. The summed E-state index contributed by atoms with van der Waals surface area (Å²) in [6.45, 7) is 5.29. The molecule has 1 aromatic rings. The van der Waals surface area contributed by atoms with Crippen LogP contribution in [0.15, 0.2) is 35.1 Å². The molecule has 2 aliphatic rings. The lowest BCUT2D eigenvalue weighted by Crippen LogP contribution is -2.64. The second kappa shape index (κ2) is 8.92. The maximum Gasteiger partial charge on any atom is 0.301 e. The Kier molecular flexibility index (Phi) is 6.54. The topological polar surface area (TPSA) is 132 Å². The summed E-state index contributed by atoms with van der Waals surface area (Å²) >= 11 is 0. The third-order valence-corrected chi connectivity index (χ3v) is 6.16. The molecule has 0 bridgehead atoms. The van der Waals surface area contributed by atoms with Crippen molar-refractivity contribution >= 4 is 5.96 Å². The average molecular weight is 401 g/mol. The summed E-state index contributed by atoms with van der Waals surface area (Å²) < 4.78 is 0. The van der Waals surface area contributed by atoms with Crippen LogP contribution in [0.2, 0.25) is 0 Å². The van der Waals surface area contributed by atoms with Crippen LogP contribution < -0.4 is 22.1 Å². The van der Waals surface area contributed by atoms with Crippen LogP contribution in [-0.4, -0.2) is 23.1 Å². The van der Waals surface area contributed by atoms with Gasteiger partial charge in [0.2, 0.25) is 0 Å². The second-order valence-electron chi connectivity index (χ2n) is 8.45. The molecule has 6 N–H and O–H groups in total. The molecule has 8 heteroatoms. The largest absolute Gasteiger partial charge is 0.330 e. The molecule has 3 rings (SSSR count). The molecule has 8 nitrogen and oxygen atoms in total. The van der Waals surface area contributed by atoms with E-state index >= 15 is 0 Å². The molecule has 1 fully saturated rings. The summed E-state index contributed by atoms with van der Waals surface area (Å²) in [4.78, 5) is 15.8. The number of nitrogens with one attached hydrogen (secondary N) is 2. The van der Waals surface area contributed by atoms with Crippen LogP contribution in [-0.2, 0) is 6.54 Å². The van der Waals surface area contributed by atoms with Crippen LogP contribution in [0.1, 0.15) is 48.8 Å². The van der Waals surface area contributed by atoms with Gasteiger partial charge in [0, 0.05) is 0 Å². The van der Waals surface area contributed by atoms with Crippen molar-refractivity contribution in [2.45, 2.75) is 58.2 Å². The zero-order valence-electron chi connectivity index (χ0n) is 17.3. The molecular formula is C21H32N6O2. The van der Waals surface area contributed by atoms with Gasteiger partial charge in [0.05, 0.1) is 17.7 Å². The molecule has 1 saturated carbocycles. The van der Waals surface area contributed by atoms with Gasteiger partial charge in [-0.1, -0.05) is 23.8 Å². The van der Waals surface area contributed by atoms with E-state index in [1.54, 1.807) is 0 Å². The molecule has 1 aliphatic heterocycles. The Hall–Kier alpha value is -2.45. The molecular weight excluding hydrogens is 368 g/mol. The zero-order valence-corrected chi connectivity index (χ0v) is 17.3. The molecule has 0 aromatic heterocycles. The summed E-state index contributed by atoms with van der Waals surface area (Å²) in [6, 6.07) is 6.23. The van der Waals surface area contributed by atoms with Crippen LogP contribution in [0.3, 0.4) is 0 Å². The van der Waals surface area contributed by atoms with Crippen LogP contribution in [0.25, 0.3) is 0 Å². The normalized spacial score (nSPS) is 28.4. The molecule has 1 aliphatic carbocycles. The van der Waals surface area contributed by atoms with Crippen molar-refractivity contribution in [2.75, 3.05) is 6.54 Å². The molecule has 1 atom stereocenters. The van der Waals surface area contributed by atoms with Crippen LogP contribution in [0.5, 0.6) is 0 Å². The Morgan fingerprint density at radius 2 is 1.93 bits per heavy atom. The summed E-state index contributed by atoms with van der Waals surface area (Å²) in [6.07, 6.45) is 5.98. The Labute approximate surface area is 172 Å². The number of hydrogen-bond acceptors (Lipinski definition) is 5. The van der Waals surface area contributed by atoms with E-state index in [1.165, 1.54) is 17.3 Å². The van der Waals surface area contributed by atoms with Gasteiger partial charge in [-0.2, -0.15) is 0 Å². The predicted octanol–water partition coefficient (Wildman–Crippen LogP) is 2.28. The monoisotopic (exact) mass is 400 g/mol. The fraction of sp³-hybridized carbons (Fsp3) is 0.571. The van der Waals surface area contributed by atoms with E-state index in [0.29, 0.717) is 37.3 Å². The lowest BCUT2D eigenvalue weighted by Gasteiger charge is -2.37. The second-order valence-corrected chi connectivity index (χ2v) is 8.45. The highest BCUT2D eigenvalue weighted by Gasteiger charge is 2.44. The van der Waals surface area contributed by atoms with Gasteiger partial charge in [-0.05, 0) is 75.5 Å². The first-order valence-electron chi connectivity index (χ1n) is 10.3. The first kappa shape index (κ1) is 21.3. The Bertz CT molecular complexity index is 813. The summed E-state index contributed by atoms with van der Waals surface area (Å²) in [7, 11) is 0. The van der Waals surface area contributed by atoms with Gasteiger partial charge in [-0.15, -0.1) is 0 Å². The van der Waals surface area contributed by atoms with E-state index in [9.17, 15) is 10.1 Å². The predicted molar refractivity (Wildman–Crippen MR) is 114 cm³/mol. The van der Waals surface area contributed by atoms with E-state index in [-0.39, 0.29) is 5.70 Å². The van der Waals surface area contributed by atoms with E-state index in [4.69, 9.17) is 11.5 Å². The Morgan fingerprint density at radius 3 is 2.55 bits per heavy atom. The number of benzene rings is 1. The quantitative estimate of drug-likeness (QED) is 0.428. The number of guanidine groups is 1. The van der Waals surface area contributed by atoms with Crippen molar-refractivity contribution in [3.8, 4) is 0 Å². The van der Waals surface area contributed by atoms with Crippen LogP contribution >= 0.6 is 0 Å². The van der Waals surface area contributed by atoms with Crippen molar-refractivity contribution in [3.05, 3.63) is 56.9 Å². The maximum absolute atomic E-state index is 11.6. The number of rotatable bonds is 6. The van der Waals surface area contributed by atoms with Gasteiger partial charge in [0.1, 0.15) is 0 Å². The molecule has 158 valence electrons. The average Bonchev–Trinajstić information content (AvgIpc) is 2.67. The highest BCUT2D eigenvalue weighted by molar-refractivity contribution is 5.83. The van der Waals surface area contributed by atoms with Crippen molar-refractivity contribution < 1.29 is 4.92 Å². The van der Waals surface area contributed by atoms with Gasteiger partial charge in [-0.3, -0.25) is 15.8 Å². The minimum Gasteiger partial charge on any atom is -0.330 e. The van der Waals surface area contributed by atoms with Gasteiger partial charge in [-0.25, -0.2) is 4.99 Å². The number of hydrogen-bond donors (Lipinski definition) is 4. The van der Waals surface area contributed by atoms with Crippen molar-refractivity contribution in [2.24, 2.45) is 28.3 Å². The molecule has 0 spiro atoms. The molecule has 1 unspecified atom stereocenters.